The lowest BCUT2D eigenvalue weighted by molar-refractivity contribution is -0.897. The number of ether oxygens (including phenoxy) is 1. The Labute approximate surface area is 156 Å². The number of benzene rings is 1. The van der Waals surface area contributed by atoms with E-state index in [9.17, 15) is 9.59 Å². The van der Waals surface area contributed by atoms with Gasteiger partial charge in [0.15, 0.2) is 6.54 Å². The van der Waals surface area contributed by atoms with Gasteiger partial charge in [-0.25, -0.2) is 0 Å². The second-order valence-corrected chi connectivity index (χ2v) is 7.36. The van der Waals surface area contributed by atoms with Crippen LogP contribution in [0, 0.1) is 26.7 Å². The van der Waals surface area contributed by atoms with E-state index in [0.717, 1.165) is 38.1 Å². The topological polar surface area (TPSA) is 85.9 Å². The van der Waals surface area contributed by atoms with Crippen LogP contribution >= 0.6 is 0 Å². The van der Waals surface area contributed by atoms with Crippen molar-refractivity contribution in [1.82, 2.24) is 5.32 Å². The fourth-order valence-corrected chi connectivity index (χ4v) is 3.41. The molecule has 1 saturated heterocycles. The highest BCUT2D eigenvalue weighted by Gasteiger charge is 2.26. The first-order valence-electron chi connectivity index (χ1n) is 9.47. The Hall–Kier alpha value is -2.08. The van der Waals surface area contributed by atoms with E-state index < -0.39 is 0 Å². The highest BCUT2D eigenvalue weighted by atomic mass is 16.5. The van der Waals surface area contributed by atoms with Crippen LogP contribution in [0.3, 0.4) is 0 Å². The molecule has 2 rings (SSSR count). The summed E-state index contributed by atoms with van der Waals surface area (Å²) < 4.78 is 5.86. The summed E-state index contributed by atoms with van der Waals surface area (Å²) in [6.07, 6.45) is 2.33. The molecule has 1 aromatic carbocycles. The number of amides is 2. The number of hydrogen-bond donors (Lipinski definition) is 3. The van der Waals surface area contributed by atoms with Crippen LogP contribution in [0.4, 0.5) is 0 Å². The van der Waals surface area contributed by atoms with Crippen LogP contribution in [0.1, 0.15) is 36.0 Å². The van der Waals surface area contributed by atoms with Gasteiger partial charge < -0.3 is 20.7 Å². The molecular formula is C20H32N3O3+. The van der Waals surface area contributed by atoms with Crippen LogP contribution in [0.2, 0.25) is 0 Å². The van der Waals surface area contributed by atoms with Crippen LogP contribution in [0.15, 0.2) is 12.1 Å². The number of carbonyl (C=O) groups excluding carboxylic acids is 2. The molecule has 26 heavy (non-hydrogen) atoms. The minimum Gasteiger partial charge on any atom is -0.493 e. The molecule has 0 unspecified atom stereocenters. The Morgan fingerprint density at radius 3 is 2.58 bits per heavy atom. The predicted molar refractivity (Wildman–Crippen MR) is 101 cm³/mol. The number of piperidine rings is 1. The van der Waals surface area contributed by atoms with E-state index in [1.54, 1.807) is 0 Å². The lowest BCUT2D eigenvalue weighted by atomic mass is 9.96. The number of likely N-dealkylation sites (tertiary alicyclic amines) is 1. The molecular weight excluding hydrogens is 330 g/mol. The van der Waals surface area contributed by atoms with Crippen molar-refractivity contribution < 1.29 is 19.2 Å². The molecule has 0 saturated carbocycles. The summed E-state index contributed by atoms with van der Waals surface area (Å²) in [6, 6.07) is 4.21. The van der Waals surface area contributed by atoms with Gasteiger partial charge >= 0.3 is 0 Å². The van der Waals surface area contributed by atoms with Gasteiger partial charge in [0.25, 0.3) is 5.91 Å². The van der Waals surface area contributed by atoms with Crippen molar-refractivity contribution in [1.29, 1.82) is 0 Å². The van der Waals surface area contributed by atoms with Crippen molar-refractivity contribution in [2.24, 2.45) is 11.7 Å². The van der Waals surface area contributed by atoms with E-state index in [4.69, 9.17) is 10.5 Å². The van der Waals surface area contributed by atoms with Crippen LogP contribution in [0.5, 0.6) is 5.75 Å². The van der Waals surface area contributed by atoms with Crippen molar-refractivity contribution in [3.8, 4) is 5.75 Å². The van der Waals surface area contributed by atoms with Gasteiger partial charge in [-0.05, 0) is 49.9 Å². The normalized spacial score (nSPS) is 19.8. The zero-order valence-corrected chi connectivity index (χ0v) is 16.2. The summed E-state index contributed by atoms with van der Waals surface area (Å²) in [5, 5.41) is 2.96. The second-order valence-electron chi connectivity index (χ2n) is 7.36. The Kier molecular flexibility index (Phi) is 7.45. The monoisotopic (exact) mass is 362 g/mol. The number of aryl methyl sites for hydroxylation is 2. The first kappa shape index (κ1) is 20.2. The van der Waals surface area contributed by atoms with Crippen LogP contribution < -0.4 is 20.7 Å². The summed E-state index contributed by atoms with van der Waals surface area (Å²) in [4.78, 5) is 24.4. The summed E-state index contributed by atoms with van der Waals surface area (Å²) in [7, 11) is 0. The fourth-order valence-electron chi connectivity index (χ4n) is 3.41. The number of nitrogens with two attached hydrogens (primary N) is 1. The lowest BCUT2D eigenvalue weighted by Gasteiger charge is -2.27. The fraction of sp³-hybridized carbons (Fsp3) is 0.600. The maximum absolute atomic E-state index is 12.0. The van der Waals surface area contributed by atoms with Crippen LogP contribution in [-0.2, 0) is 9.59 Å². The summed E-state index contributed by atoms with van der Waals surface area (Å²) in [6.45, 7) is 9.53. The van der Waals surface area contributed by atoms with Gasteiger partial charge in [0, 0.05) is 25.3 Å². The molecule has 1 aliphatic heterocycles. The third-order valence-corrected chi connectivity index (χ3v) is 5.17. The number of nitrogens with one attached hydrogen (secondary N) is 2. The molecule has 0 bridgehead atoms. The van der Waals surface area contributed by atoms with E-state index in [2.05, 4.69) is 38.2 Å². The molecule has 1 aliphatic rings. The van der Waals surface area contributed by atoms with Crippen LogP contribution in [-0.4, -0.2) is 44.6 Å². The summed E-state index contributed by atoms with van der Waals surface area (Å²) in [5.74, 6) is 0.746. The Morgan fingerprint density at radius 1 is 1.23 bits per heavy atom. The first-order chi connectivity index (χ1) is 12.4. The first-order valence-corrected chi connectivity index (χ1v) is 9.47. The predicted octanol–water partition coefficient (Wildman–Crippen LogP) is 0.277. The van der Waals surface area contributed by atoms with Crippen LogP contribution in [0.25, 0.3) is 0 Å². The van der Waals surface area contributed by atoms with E-state index in [-0.39, 0.29) is 17.7 Å². The average molecular weight is 362 g/mol. The zero-order chi connectivity index (χ0) is 19.1. The molecule has 0 radical (unpaired) electrons. The van der Waals surface area contributed by atoms with Gasteiger partial charge in [0.1, 0.15) is 5.75 Å². The zero-order valence-electron chi connectivity index (χ0n) is 16.2. The molecule has 0 aromatic heterocycles. The standard InChI is InChI=1S/C20H31N3O3/c1-14-11-15(2)16(3)18(12-14)26-10-4-7-22-19(24)13-23-8-5-17(6-9-23)20(21)25/h11-12,17H,4-10,13H2,1-3H3,(H2,21,25)(H,22,24)/p+1. The van der Waals surface area contributed by atoms with Crippen molar-refractivity contribution >= 4 is 11.8 Å². The van der Waals surface area contributed by atoms with E-state index in [1.807, 2.05) is 0 Å². The molecule has 6 nitrogen and oxygen atoms in total. The number of hydrogen-bond acceptors (Lipinski definition) is 3. The van der Waals surface area contributed by atoms with Gasteiger partial charge in [-0.15, -0.1) is 0 Å². The molecule has 1 fully saturated rings. The smallest absolute Gasteiger partial charge is 0.275 e. The van der Waals surface area contributed by atoms with E-state index in [1.165, 1.54) is 21.6 Å². The molecule has 144 valence electrons. The highest BCUT2D eigenvalue weighted by Crippen LogP contribution is 2.23. The molecule has 1 heterocycles. The van der Waals surface area contributed by atoms with Gasteiger partial charge in [-0.1, -0.05) is 6.07 Å². The maximum Gasteiger partial charge on any atom is 0.275 e. The number of quaternary nitrogens is 1. The van der Waals surface area contributed by atoms with Crippen molar-refractivity contribution in [3.05, 3.63) is 28.8 Å². The molecule has 4 N–H and O–H groups in total. The Balaban J connectivity index is 1.61. The maximum atomic E-state index is 12.0. The second kappa shape index (κ2) is 9.57. The number of carbonyl (C=O) groups is 2. The third-order valence-electron chi connectivity index (χ3n) is 5.17. The third kappa shape index (κ3) is 6.02. The minimum atomic E-state index is -0.215. The molecule has 0 atom stereocenters. The summed E-state index contributed by atoms with van der Waals surface area (Å²) in [5.41, 5.74) is 8.93. The van der Waals surface area contributed by atoms with E-state index >= 15 is 0 Å². The van der Waals surface area contributed by atoms with Crippen molar-refractivity contribution in [3.63, 3.8) is 0 Å². The Morgan fingerprint density at radius 2 is 1.92 bits per heavy atom. The van der Waals surface area contributed by atoms with Gasteiger partial charge in [-0.3, -0.25) is 9.59 Å². The highest BCUT2D eigenvalue weighted by molar-refractivity contribution is 5.77. The van der Waals surface area contributed by atoms with Gasteiger partial charge in [-0.2, -0.15) is 0 Å². The molecule has 2 amide bonds. The SMILES string of the molecule is Cc1cc(C)c(C)c(OCCCNC(=O)C[NH+]2CCC(C(N)=O)CC2)c1. The number of rotatable bonds is 8. The number of primary amides is 1. The molecule has 0 aliphatic carbocycles. The molecule has 1 aromatic rings. The largest absolute Gasteiger partial charge is 0.493 e. The molecule has 6 heteroatoms. The Bertz CT molecular complexity index is 637. The average Bonchev–Trinajstić information content (AvgIpc) is 2.59. The van der Waals surface area contributed by atoms with Crippen molar-refractivity contribution in [2.45, 2.75) is 40.0 Å². The van der Waals surface area contributed by atoms with E-state index in [0.29, 0.717) is 19.7 Å². The minimum absolute atomic E-state index is 0.0207. The molecule has 0 spiro atoms. The lowest BCUT2D eigenvalue weighted by Crippen LogP contribution is -3.14. The summed E-state index contributed by atoms with van der Waals surface area (Å²) >= 11 is 0. The van der Waals surface area contributed by atoms with Gasteiger partial charge in [0.2, 0.25) is 5.91 Å². The quantitative estimate of drug-likeness (QED) is 0.581. The van der Waals surface area contributed by atoms with Gasteiger partial charge in [0.05, 0.1) is 19.7 Å². The van der Waals surface area contributed by atoms with Crippen molar-refractivity contribution in [2.75, 3.05) is 32.8 Å².